The van der Waals surface area contributed by atoms with E-state index >= 15 is 0 Å². The molecule has 2 aromatic carbocycles. The topological polar surface area (TPSA) is 60.9 Å². The Balaban J connectivity index is 1.76. The number of hydrogen-bond donors (Lipinski definition) is 0. The minimum atomic E-state index is -3.67. The van der Waals surface area contributed by atoms with Crippen molar-refractivity contribution < 1.29 is 13.2 Å². The largest absolute Gasteiger partial charge is 0.368 e. The molecule has 1 fully saturated rings. The Kier molecular flexibility index (Phi) is 6.39. The maximum absolute atomic E-state index is 13.1. The highest BCUT2D eigenvalue weighted by atomic mass is 35.5. The first-order chi connectivity index (χ1) is 13.7. The zero-order chi connectivity index (χ0) is 21.2. The molecule has 1 aliphatic rings. The van der Waals surface area contributed by atoms with Crippen molar-refractivity contribution in [2.45, 2.75) is 19.9 Å². The zero-order valence-electron chi connectivity index (χ0n) is 16.9. The monoisotopic (exact) mass is 435 g/mol. The summed E-state index contributed by atoms with van der Waals surface area (Å²) in [5.74, 6) is -0.208. The summed E-state index contributed by atoms with van der Waals surface area (Å²) in [4.78, 5) is 17.1. The first-order valence-corrected chi connectivity index (χ1v) is 11.8. The summed E-state index contributed by atoms with van der Waals surface area (Å²) < 4.78 is 26.2. The fourth-order valence-electron chi connectivity index (χ4n) is 3.61. The highest BCUT2D eigenvalue weighted by Gasteiger charge is 2.33. The number of para-hydroxylation sites is 1. The van der Waals surface area contributed by atoms with Crippen LogP contribution in [0.15, 0.2) is 48.5 Å². The molecule has 0 bridgehead atoms. The van der Waals surface area contributed by atoms with E-state index in [1.165, 1.54) is 0 Å². The van der Waals surface area contributed by atoms with Gasteiger partial charge in [-0.15, -0.1) is 0 Å². The average Bonchev–Trinajstić information content (AvgIpc) is 2.70. The Labute approximate surface area is 177 Å². The number of halogens is 1. The molecule has 1 atom stereocenters. The molecule has 2 aromatic rings. The standard InChI is InChI=1S/C21H26ClN3O3S/c1-16-9-10-19(15-20(16)22)25(29(3,27)28)17(2)21(26)24-13-11-23(12-14-24)18-7-5-4-6-8-18/h4-10,15,17H,11-14H2,1-3H3. The molecule has 0 N–H and O–H groups in total. The molecule has 0 spiro atoms. The number of hydrogen-bond acceptors (Lipinski definition) is 4. The molecule has 1 saturated heterocycles. The maximum Gasteiger partial charge on any atom is 0.246 e. The number of benzene rings is 2. The number of aryl methyl sites for hydroxylation is 1. The predicted molar refractivity (Wildman–Crippen MR) is 118 cm³/mol. The molecule has 1 heterocycles. The van der Waals surface area contributed by atoms with E-state index in [-0.39, 0.29) is 5.91 Å². The summed E-state index contributed by atoms with van der Waals surface area (Å²) in [6, 6.07) is 14.2. The number of nitrogens with zero attached hydrogens (tertiary/aromatic N) is 3. The molecule has 0 aliphatic carbocycles. The van der Waals surface area contributed by atoms with Gasteiger partial charge in [-0.25, -0.2) is 8.42 Å². The normalized spacial score (nSPS) is 15.9. The lowest BCUT2D eigenvalue weighted by molar-refractivity contribution is -0.132. The molecule has 8 heteroatoms. The molecule has 0 saturated carbocycles. The summed E-state index contributed by atoms with van der Waals surface area (Å²) in [7, 11) is -3.67. The van der Waals surface area contributed by atoms with Crippen LogP contribution in [0.4, 0.5) is 11.4 Å². The lowest BCUT2D eigenvalue weighted by atomic mass is 10.2. The Hall–Kier alpha value is -2.25. The van der Waals surface area contributed by atoms with Gasteiger partial charge >= 0.3 is 0 Å². The number of amides is 1. The van der Waals surface area contributed by atoms with Crippen LogP contribution in [-0.2, 0) is 14.8 Å². The summed E-state index contributed by atoms with van der Waals surface area (Å²) in [5, 5.41) is 0.465. The van der Waals surface area contributed by atoms with Crippen molar-refractivity contribution in [3.63, 3.8) is 0 Å². The third kappa shape index (κ3) is 4.85. The minimum absolute atomic E-state index is 0.208. The quantitative estimate of drug-likeness (QED) is 0.723. The molecule has 156 valence electrons. The van der Waals surface area contributed by atoms with Gasteiger partial charge in [-0.3, -0.25) is 9.10 Å². The molecule has 3 rings (SSSR count). The Morgan fingerprint density at radius 3 is 2.24 bits per heavy atom. The van der Waals surface area contributed by atoms with Crippen molar-refractivity contribution in [2.75, 3.05) is 41.6 Å². The van der Waals surface area contributed by atoms with E-state index in [2.05, 4.69) is 4.90 Å². The summed E-state index contributed by atoms with van der Waals surface area (Å²) in [5.41, 5.74) is 2.37. The fourth-order valence-corrected chi connectivity index (χ4v) is 4.95. The van der Waals surface area contributed by atoms with Crippen molar-refractivity contribution in [2.24, 2.45) is 0 Å². The van der Waals surface area contributed by atoms with Crippen LogP contribution in [-0.4, -0.2) is 57.7 Å². The molecule has 1 amide bonds. The van der Waals surface area contributed by atoms with Crippen molar-refractivity contribution in [3.8, 4) is 0 Å². The number of anilines is 2. The van der Waals surface area contributed by atoms with Gasteiger partial charge in [-0.1, -0.05) is 35.9 Å². The number of carbonyl (C=O) groups is 1. The van der Waals surface area contributed by atoms with Gasteiger partial charge in [0.05, 0.1) is 11.9 Å². The van der Waals surface area contributed by atoms with E-state index < -0.39 is 16.1 Å². The van der Waals surface area contributed by atoms with E-state index in [1.54, 1.807) is 30.0 Å². The van der Waals surface area contributed by atoms with Crippen molar-refractivity contribution in [1.29, 1.82) is 0 Å². The van der Waals surface area contributed by atoms with Gasteiger partial charge in [0, 0.05) is 36.9 Å². The second-order valence-electron chi connectivity index (χ2n) is 7.32. The van der Waals surface area contributed by atoms with Crippen molar-refractivity contribution in [1.82, 2.24) is 4.90 Å². The second kappa shape index (κ2) is 8.63. The number of rotatable bonds is 5. The molecule has 6 nitrogen and oxygen atoms in total. The van der Waals surface area contributed by atoms with Crippen LogP contribution in [0.5, 0.6) is 0 Å². The van der Waals surface area contributed by atoms with Crippen LogP contribution >= 0.6 is 11.6 Å². The van der Waals surface area contributed by atoms with E-state index in [4.69, 9.17) is 11.6 Å². The summed E-state index contributed by atoms with van der Waals surface area (Å²) in [6.45, 7) is 5.97. The third-order valence-electron chi connectivity index (χ3n) is 5.19. The molecule has 29 heavy (non-hydrogen) atoms. The molecular formula is C21H26ClN3O3S. The summed E-state index contributed by atoms with van der Waals surface area (Å²) >= 11 is 6.19. The minimum Gasteiger partial charge on any atom is -0.368 e. The van der Waals surface area contributed by atoms with Crippen LogP contribution in [0, 0.1) is 6.92 Å². The Bertz CT molecular complexity index is 974. The average molecular weight is 436 g/mol. The second-order valence-corrected chi connectivity index (χ2v) is 9.58. The van der Waals surface area contributed by atoms with E-state index in [0.29, 0.717) is 36.9 Å². The van der Waals surface area contributed by atoms with Crippen LogP contribution in [0.3, 0.4) is 0 Å². The molecule has 0 aromatic heterocycles. The van der Waals surface area contributed by atoms with Gasteiger partial charge in [0.1, 0.15) is 6.04 Å². The van der Waals surface area contributed by atoms with Gasteiger partial charge in [0.25, 0.3) is 0 Å². The van der Waals surface area contributed by atoms with Crippen LogP contribution in [0.1, 0.15) is 12.5 Å². The highest BCUT2D eigenvalue weighted by molar-refractivity contribution is 7.92. The SMILES string of the molecule is Cc1ccc(N(C(C)C(=O)N2CCN(c3ccccc3)CC2)S(C)(=O)=O)cc1Cl. The predicted octanol–water partition coefficient (Wildman–Crippen LogP) is 3.15. The van der Waals surface area contributed by atoms with Gasteiger partial charge < -0.3 is 9.80 Å². The van der Waals surface area contributed by atoms with Gasteiger partial charge in [0.15, 0.2) is 0 Å². The molecule has 0 radical (unpaired) electrons. The first kappa shape index (κ1) is 21.5. The molecule has 1 aliphatic heterocycles. The third-order valence-corrected chi connectivity index (χ3v) is 6.84. The Morgan fingerprint density at radius 2 is 1.69 bits per heavy atom. The maximum atomic E-state index is 13.1. The summed E-state index contributed by atoms with van der Waals surface area (Å²) in [6.07, 6.45) is 1.11. The smallest absolute Gasteiger partial charge is 0.246 e. The van der Waals surface area contributed by atoms with E-state index in [9.17, 15) is 13.2 Å². The number of carbonyl (C=O) groups excluding carboxylic acids is 1. The van der Waals surface area contributed by atoms with Gasteiger partial charge in [-0.2, -0.15) is 0 Å². The Morgan fingerprint density at radius 1 is 1.07 bits per heavy atom. The fraction of sp³-hybridized carbons (Fsp3) is 0.381. The molecule has 1 unspecified atom stereocenters. The van der Waals surface area contributed by atoms with Crippen molar-refractivity contribution in [3.05, 3.63) is 59.1 Å². The number of piperazine rings is 1. The number of sulfonamides is 1. The molecular weight excluding hydrogens is 410 g/mol. The van der Waals surface area contributed by atoms with E-state index in [0.717, 1.165) is 21.8 Å². The lowest BCUT2D eigenvalue weighted by Gasteiger charge is -2.39. The zero-order valence-corrected chi connectivity index (χ0v) is 18.4. The van der Waals surface area contributed by atoms with Crippen LogP contribution in [0.25, 0.3) is 0 Å². The van der Waals surface area contributed by atoms with Gasteiger partial charge in [0.2, 0.25) is 15.9 Å². The van der Waals surface area contributed by atoms with Gasteiger partial charge in [-0.05, 0) is 43.7 Å². The highest BCUT2D eigenvalue weighted by Crippen LogP contribution is 2.27. The van der Waals surface area contributed by atoms with Crippen LogP contribution in [0.2, 0.25) is 5.02 Å². The first-order valence-electron chi connectivity index (χ1n) is 9.53. The van der Waals surface area contributed by atoms with Crippen LogP contribution < -0.4 is 9.21 Å². The van der Waals surface area contributed by atoms with Crippen molar-refractivity contribution >= 4 is 38.9 Å². The lowest BCUT2D eigenvalue weighted by Crippen LogP contribution is -2.55. The van der Waals surface area contributed by atoms with E-state index in [1.807, 2.05) is 37.3 Å².